The summed E-state index contributed by atoms with van der Waals surface area (Å²) in [7, 11) is 0. The Labute approximate surface area is 92.5 Å². The molecule has 1 fully saturated rings. The topological polar surface area (TPSA) is 61.4 Å². The van der Waals surface area contributed by atoms with Crippen molar-refractivity contribution < 1.29 is 14.3 Å². The van der Waals surface area contributed by atoms with Crippen LogP contribution in [0.1, 0.15) is 12.8 Å². The second-order valence-electron chi connectivity index (χ2n) is 3.90. The van der Waals surface area contributed by atoms with Gasteiger partial charge in [-0.1, -0.05) is 12.1 Å². The van der Waals surface area contributed by atoms with E-state index in [2.05, 4.69) is 10.6 Å². The van der Waals surface area contributed by atoms with E-state index in [1.807, 2.05) is 0 Å². The van der Waals surface area contributed by atoms with Crippen molar-refractivity contribution >= 4 is 11.7 Å². The van der Waals surface area contributed by atoms with E-state index in [4.69, 9.17) is 5.11 Å². The van der Waals surface area contributed by atoms with Gasteiger partial charge in [-0.2, -0.15) is 0 Å². The second-order valence-corrected chi connectivity index (χ2v) is 3.90. The third-order valence-corrected chi connectivity index (χ3v) is 2.57. The molecule has 3 N–H and O–H groups in total. The first kappa shape index (κ1) is 10.9. The zero-order valence-corrected chi connectivity index (χ0v) is 8.61. The number of halogens is 1. The maximum Gasteiger partial charge on any atom is 0.319 e. The molecule has 0 unspecified atom stereocenters. The number of nitrogens with one attached hydrogen (secondary N) is 2. The van der Waals surface area contributed by atoms with E-state index < -0.39 is 11.8 Å². The van der Waals surface area contributed by atoms with Crippen molar-refractivity contribution in [3.63, 3.8) is 0 Å². The van der Waals surface area contributed by atoms with Gasteiger partial charge in [0.25, 0.3) is 0 Å². The Morgan fingerprint density at radius 3 is 2.69 bits per heavy atom. The van der Waals surface area contributed by atoms with Crippen LogP contribution in [0.2, 0.25) is 0 Å². The zero-order chi connectivity index (χ0) is 11.5. The SMILES string of the molecule is O=C(Nc1ccccc1F)NC1CC(O)C1. The number of aliphatic hydroxyl groups is 1. The van der Waals surface area contributed by atoms with Crippen LogP contribution in [0.4, 0.5) is 14.9 Å². The van der Waals surface area contributed by atoms with Gasteiger partial charge in [-0.3, -0.25) is 0 Å². The number of aliphatic hydroxyl groups excluding tert-OH is 1. The van der Waals surface area contributed by atoms with Crippen LogP contribution >= 0.6 is 0 Å². The fourth-order valence-corrected chi connectivity index (χ4v) is 1.61. The van der Waals surface area contributed by atoms with Gasteiger partial charge in [0.2, 0.25) is 0 Å². The molecule has 4 nitrogen and oxygen atoms in total. The molecular formula is C11H13FN2O2. The largest absolute Gasteiger partial charge is 0.393 e. The molecule has 1 aromatic carbocycles. The van der Waals surface area contributed by atoms with Crippen LogP contribution in [-0.2, 0) is 0 Å². The minimum atomic E-state index is -0.466. The molecule has 16 heavy (non-hydrogen) atoms. The molecule has 0 bridgehead atoms. The fraction of sp³-hybridized carbons (Fsp3) is 0.364. The zero-order valence-electron chi connectivity index (χ0n) is 8.61. The van der Waals surface area contributed by atoms with Gasteiger partial charge in [-0.05, 0) is 25.0 Å². The van der Waals surface area contributed by atoms with E-state index in [-0.39, 0.29) is 17.8 Å². The summed E-state index contributed by atoms with van der Waals surface area (Å²) in [4.78, 5) is 11.4. The summed E-state index contributed by atoms with van der Waals surface area (Å²) >= 11 is 0. The predicted molar refractivity (Wildman–Crippen MR) is 57.6 cm³/mol. The maximum atomic E-state index is 13.2. The average Bonchev–Trinajstić information content (AvgIpc) is 2.19. The molecule has 1 saturated carbocycles. The van der Waals surface area contributed by atoms with Gasteiger partial charge in [-0.25, -0.2) is 9.18 Å². The third-order valence-electron chi connectivity index (χ3n) is 2.57. The monoisotopic (exact) mass is 224 g/mol. The van der Waals surface area contributed by atoms with E-state index >= 15 is 0 Å². The molecule has 0 radical (unpaired) electrons. The Kier molecular flexibility index (Phi) is 3.05. The molecule has 0 aliphatic heterocycles. The van der Waals surface area contributed by atoms with Crippen molar-refractivity contribution in [3.8, 4) is 0 Å². The summed E-state index contributed by atoms with van der Waals surface area (Å²) < 4.78 is 13.2. The van der Waals surface area contributed by atoms with Crippen LogP contribution in [0.3, 0.4) is 0 Å². The van der Waals surface area contributed by atoms with Crippen LogP contribution in [-0.4, -0.2) is 23.3 Å². The minimum absolute atomic E-state index is 0.0122. The Bertz CT molecular complexity index is 391. The molecule has 0 atom stereocenters. The van der Waals surface area contributed by atoms with Crippen LogP contribution in [0.15, 0.2) is 24.3 Å². The van der Waals surface area contributed by atoms with Gasteiger partial charge in [0, 0.05) is 6.04 Å². The molecule has 86 valence electrons. The first-order chi connectivity index (χ1) is 7.65. The normalized spacial score (nSPS) is 23.4. The molecule has 5 heteroatoms. The number of benzene rings is 1. The highest BCUT2D eigenvalue weighted by Crippen LogP contribution is 2.19. The van der Waals surface area contributed by atoms with Crippen LogP contribution in [0, 0.1) is 5.82 Å². The number of carbonyl (C=O) groups is 1. The smallest absolute Gasteiger partial charge is 0.319 e. The highest BCUT2D eigenvalue weighted by Gasteiger charge is 2.28. The van der Waals surface area contributed by atoms with Crippen molar-refractivity contribution in [2.24, 2.45) is 0 Å². The van der Waals surface area contributed by atoms with Crippen molar-refractivity contribution in [1.29, 1.82) is 0 Å². The Morgan fingerprint density at radius 2 is 2.06 bits per heavy atom. The summed E-state index contributed by atoms with van der Waals surface area (Å²) in [6, 6.07) is 5.52. The molecule has 1 aromatic rings. The molecule has 0 spiro atoms. The van der Waals surface area contributed by atoms with E-state index in [9.17, 15) is 9.18 Å². The summed E-state index contributed by atoms with van der Waals surface area (Å²) in [5, 5.41) is 14.1. The van der Waals surface area contributed by atoms with E-state index in [0.29, 0.717) is 12.8 Å². The first-order valence-corrected chi connectivity index (χ1v) is 5.15. The van der Waals surface area contributed by atoms with Crippen LogP contribution in [0.5, 0.6) is 0 Å². The minimum Gasteiger partial charge on any atom is -0.393 e. The molecule has 0 saturated heterocycles. The lowest BCUT2D eigenvalue weighted by Crippen LogP contribution is -2.48. The number of rotatable bonds is 2. The Hall–Kier alpha value is -1.62. The lowest BCUT2D eigenvalue weighted by Gasteiger charge is -2.31. The number of hydrogen-bond donors (Lipinski definition) is 3. The number of urea groups is 1. The molecule has 0 aromatic heterocycles. The average molecular weight is 224 g/mol. The van der Waals surface area contributed by atoms with E-state index in [1.54, 1.807) is 12.1 Å². The summed E-state index contributed by atoms with van der Waals surface area (Å²) in [5.41, 5.74) is 0.153. The highest BCUT2D eigenvalue weighted by molar-refractivity contribution is 5.89. The first-order valence-electron chi connectivity index (χ1n) is 5.15. The summed E-state index contributed by atoms with van der Waals surface area (Å²) in [5.74, 6) is -0.466. The third kappa shape index (κ3) is 2.49. The Morgan fingerprint density at radius 1 is 1.38 bits per heavy atom. The van der Waals surface area contributed by atoms with Crippen molar-refractivity contribution in [1.82, 2.24) is 5.32 Å². The van der Waals surface area contributed by atoms with Gasteiger partial charge in [0.1, 0.15) is 5.82 Å². The Balaban J connectivity index is 1.85. The summed E-state index contributed by atoms with van der Waals surface area (Å²) in [6.45, 7) is 0. The van der Waals surface area contributed by atoms with Crippen LogP contribution < -0.4 is 10.6 Å². The predicted octanol–water partition coefficient (Wildman–Crippen LogP) is 1.47. The fourth-order valence-electron chi connectivity index (χ4n) is 1.61. The van der Waals surface area contributed by atoms with Gasteiger partial charge in [-0.15, -0.1) is 0 Å². The quantitative estimate of drug-likeness (QED) is 0.712. The lowest BCUT2D eigenvalue weighted by atomic mass is 9.90. The number of amides is 2. The molecule has 2 amide bonds. The van der Waals surface area contributed by atoms with Crippen LogP contribution in [0.25, 0.3) is 0 Å². The van der Waals surface area contributed by atoms with Crippen molar-refractivity contribution in [2.45, 2.75) is 25.0 Å². The molecule has 1 aliphatic rings. The van der Waals surface area contributed by atoms with Gasteiger partial charge >= 0.3 is 6.03 Å². The molecular weight excluding hydrogens is 211 g/mol. The standard InChI is InChI=1S/C11H13FN2O2/c12-9-3-1-2-4-10(9)14-11(16)13-7-5-8(15)6-7/h1-4,7-8,15H,5-6H2,(H2,13,14,16). The second kappa shape index (κ2) is 4.49. The number of anilines is 1. The van der Waals surface area contributed by atoms with Crippen molar-refractivity contribution in [2.75, 3.05) is 5.32 Å². The number of carbonyl (C=O) groups excluding carboxylic acids is 1. The van der Waals surface area contributed by atoms with Gasteiger partial charge in [0.15, 0.2) is 0 Å². The molecule has 2 rings (SSSR count). The lowest BCUT2D eigenvalue weighted by molar-refractivity contribution is 0.0671. The molecule has 0 heterocycles. The number of para-hydroxylation sites is 1. The molecule has 1 aliphatic carbocycles. The van der Waals surface area contributed by atoms with Gasteiger partial charge < -0.3 is 15.7 Å². The van der Waals surface area contributed by atoms with E-state index in [0.717, 1.165) is 0 Å². The summed E-state index contributed by atoms with van der Waals surface area (Å²) in [6.07, 6.45) is 0.800. The van der Waals surface area contributed by atoms with E-state index in [1.165, 1.54) is 12.1 Å². The van der Waals surface area contributed by atoms with Crippen molar-refractivity contribution in [3.05, 3.63) is 30.1 Å². The highest BCUT2D eigenvalue weighted by atomic mass is 19.1. The van der Waals surface area contributed by atoms with Gasteiger partial charge in [0.05, 0.1) is 11.8 Å². The maximum absolute atomic E-state index is 13.2. The number of hydrogen-bond acceptors (Lipinski definition) is 2.